The van der Waals surface area contributed by atoms with E-state index < -0.39 is 29.7 Å². The molecule has 1 amide bonds. The molecule has 1 aromatic heterocycles. The summed E-state index contributed by atoms with van der Waals surface area (Å²) >= 11 is 0. The van der Waals surface area contributed by atoms with Crippen molar-refractivity contribution in [3.05, 3.63) is 54.0 Å². The molecule has 1 heterocycles. The molecule has 1 aromatic carbocycles. The normalized spacial score (nSPS) is 12.5. The Labute approximate surface area is 129 Å². The van der Waals surface area contributed by atoms with Gasteiger partial charge in [0.1, 0.15) is 0 Å². The molecule has 0 spiro atoms. The number of alkyl halides is 3. The van der Waals surface area contributed by atoms with E-state index in [-0.39, 0.29) is 11.4 Å². The molecule has 0 saturated heterocycles. The van der Waals surface area contributed by atoms with Crippen LogP contribution in [0.2, 0.25) is 0 Å². The molecule has 1 atom stereocenters. The van der Waals surface area contributed by atoms with Crippen LogP contribution in [0.4, 0.5) is 18.9 Å². The van der Waals surface area contributed by atoms with Gasteiger partial charge in [0.05, 0.1) is 11.8 Å². The smallest absolute Gasteiger partial charge is 0.416 e. The van der Waals surface area contributed by atoms with Gasteiger partial charge in [0.2, 0.25) is 5.76 Å². The summed E-state index contributed by atoms with van der Waals surface area (Å²) in [6.45, 7) is 1.30. The van der Waals surface area contributed by atoms with Crippen LogP contribution in [0.25, 0.3) is 0 Å². The second-order valence-electron chi connectivity index (χ2n) is 4.59. The Hall–Kier alpha value is -2.77. The topological polar surface area (TPSA) is 68.5 Å². The zero-order valence-corrected chi connectivity index (χ0v) is 11.9. The number of halogens is 3. The third-order valence-corrected chi connectivity index (χ3v) is 2.83. The van der Waals surface area contributed by atoms with Crippen LogP contribution in [0.3, 0.4) is 0 Å². The van der Waals surface area contributed by atoms with Crippen molar-refractivity contribution in [2.24, 2.45) is 0 Å². The van der Waals surface area contributed by atoms with E-state index in [9.17, 15) is 22.8 Å². The Morgan fingerprint density at radius 2 is 1.96 bits per heavy atom. The van der Waals surface area contributed by atoms with Crippen LogP contribution in [0, 0.1) is 0 Å². The van der Waals surface area contributed by atoms with E-state index in [0.717, 1.165) is 18.2 Å². The first-order chi connectivity index (χ1) is 10.8. The van der Waals surface area contributed by atoms with E-state index in [1.807, 2.05) is 0 Å². The quantitative estimate of drug-likeness (QED) is 0.873. The van der Waals surface area contributed by atoms with Crippen molar-refractivity contribution in [2.75, 3.05) is 5.32 Å². The lowest BCUT2D eigenvalue weighted by molar-refractivity contribution is -0.137. The van der Waals surface area contributed by atoms with Gasteiger partial charge in [0.15, 0.2) is 6.10 Å². The number of hydrogen-bond donors (Lipinski definition) is 1. The summed E-state index contributed by atoms with van der Waals surface area (Å²) in [5.74, 6) is -1.69. The van der Waals surface area contributed by atoms with E-state index in [2.05, 4.69) is 5.32 Å². The van der Waals surface area contributed by atoms with Crippen LogP contribution in [0.15, 0.2) is 47.1 Å². The first kappa shape index (κ1) is 16.6. The van der Waals surface area contributed by atoms with Gasteiger partial charge in [-0.15, -0.1) is 0 Å². The molecule has 23 heavy (non-hydrogen) atoms. The van der Waals surface area contributed by atoms with Crippen molar-refractivity contribution in [3.8, 4) is 0 Å². The minimum absolute atomic E-state index is 0.0503. The molecule has 0 aliphatic heterocycles. The Kier molecular flexibility index (Phi) is 4.73. The van der Waals surface area contributed by atoms with Crippen LogP contribution in [-0.4, -0.2) is 18.0 Å². The lowest BCUT2D eigenvalue weighted by atomic mass is 10.2. The molecule has 1 unspecified atom stereocenters. The zero-order valence-electron chi connectivity index (χ0n) is 11.9. The lowest BCUT2D eigenvalue weighted by Crippen LogP contribution is -2.30. The maximum atomic E-state index is 12.6. The molecule has 0 aliphatic carbocycles. The maximum absolute atomic E-state index is 12.6. The van der Waals surface area contributed by atoms with E-state index in [1.54, 1.807) is 0 Å². The van der Waals surface area contributed by atoms with Gasteiger partial charge in [-0.2, -0.15) is 13.2 Å². The highest BCUT2D eigenvalue weighted by molar-refractivity contribution is 5.96. The molecule has 0 fully saturated rings. The third kappa shape index (κ3) is 4.35. The second kappa shape index (κ2) is 6.55. The molecule has 2 rings (SSSR count). The van der Waals surface area contributed by atoms with Gasteiger partial charge in [-0.1, -0.05) is 6.07 Å². The third-order valence-electron chi connectivity index (χ3n) is 2.83. The van der Waals surface area contributed by atoms with E-state index in [0.29, 0.717) is 0 Å². The first-order valence-corrected chi connectivity index (χ1v) is 6.50. The van der Waals surface area contributed by atoms with Crippen molar-refractivity contribution < 1.29 is 31.9 Å². The standard InChI is InChI=1S/C15H12F3NO4/c1-9(23-14(21)12-6-3-7-22-12)13(20)19-11-5-2-4-10(8-11)15(16,17)18/h2-9H,1H3,(H,19,20). The average molecular weight is 327 g/mol. The molecular weight excluding hydrogens is 315 g/mol. The van der Waals surface area contributed by atoms with Crippen molar-refractivity contribution in [3.63, 3.8) is 0 Å². The van der Waals surface area contributed by atoms with Crippen LogP contribution in [-0.2, 0) is 15.7 Å². The fourth-order valence-corrected chi connectivity index (χ4v) is 1.68. The molecular formula is C15H12F3NO4. The Bertz CT molecular complexity index is 695. The lowest BCUT2D eigenvalue weighted by Gasteiger charge is -2.14. The van der Waals surface area contributed by atoms with Crippen molar-refractivity contribution in [2.45, 2.75) is 19.2 Å². The van der Waals surface area contributed by atoms with Crippen molar-refractivity contribution in [1.82, 2.24) is 0 Å². The number of hydrogen-bond acceptors (Lipinski definition) is 4. The van der Waals surface area contributed by atoms with Crippen LogP contribution >= 0.6 is 0 Å². The highest BCUT2D eigenvalue weighted by atomic mass is 19.4. The Morgan fingerprint density at radius 3 is 2.57 bits per heavy atom. The van der Waals surface area contributed by atoms with Gasteiger partial charge in [-0.3, -0.25) is 4.79 Å². The number of anilines is 1. The molecule has 0 aliphatic rings. The average Bonchev–Trinajstić information content (AvgIpc) is 3.00. The van der Waals surface area contributed by atoms with Crippen LogP contribution in [0.5, 0.6) is 0 Å². The number of rotatable bonds is 4. The predicted molar refractivity (Wildman–Crippen MR) is 73.7 cm³/mol. The maximum Gasteiger partial charge on any atom is 0.416 e. The fraction of sp³-hybridized carbons (Fsp3) is 0.200. The summed E-state index contributed by atoms with van der Waals surface area (Å²) < 4.78 is 47.5. The number of nitrogens with one attached hydrogen (secondary N) is 1. The number of benzene rings is 1. The minimum Gasteiger partial charge on any atom is -0.457 e. The molecule has 8 heteroatoms. The largest absolute Gasteiger partial charge is 0.457 e. The fourth-order valence-electron chi connectivity index (χ4n) is 1.68. The predicted octanol–water partition coefficient (Wildman–Crippen LogP) is 3.48. The number of carbonyl (C=O) groups excluding carboxylic acids is 2. The Balaban J connectivity index is 2.00. The van der Waals surface area contributed by atoms with E-state index in [1.165, 1.54) is 31.4 Å². The van der Waals surface area contributed by atoms with E-state index in [4.69, 9.17) is 9.15 Å². The summed E-state index contributed by atoms with van der Waals surface area (Å²) in [5.41, 5.74) is -0.943. The number of esters is 1. The van der Waals surface area contributed by atoms with Gasteiger partial charge >= 0.3 is 12.1 Å². The second-order valence-corrected chi connectivity index (χ2v) is 4.59. The highest BCUT2D eigenvalue weighted by Gasteiger charge is 2.30. The summed E-state index contributed by atoms with van der Waals surface area (Å²) in [4.78, 5) is 23.5. The zero-order chi connectivity index (χ0) is 17.0. The van der Waals surface area contributed by atoms with Gasteiger partial charge in [0, 0.05) is 5.69 Å². The molecule has 0 bridgehead atoms. The number of amides is 1. The van der Waals surface area contributed by atoms with Gasteiger partial charge in [-0.25, -0.2) is 4.79 Å². The summed E-state index contributed by atoms with van der Waals surface area (Å²) in [6.07, 6.45) is -4.45. The Morgan fingerprint density at radius 1 is 1.22 bits per heavy atom. The van der Waals surface area contributed by atoms with Gasteiger partial charge in [-0.05, 0) is 37.3 Å². The van der Waals surface area contributed by atoms with Crippen LogP contribution < -0.4 is 5.32 Å². The minimum atomic E-state index is -4.52. The molecule has 1 N–H and O–H groups in total. The highest BCUT2D eigenvalue weighted by Crippen LogP contribution is 2.30. The van der Waals surface area contributed by atoms with Crippen molar-refractivity contribution in [1.29, 1.82) is 0 Å². The van der Waals surface area contributed by atoms with E-state index >= 15 is 0 Å². The monoisotopic (exact) mass is 327 g/mol. The summed E-state index contributed by atoms with van der Waals surface area (Å²) in [6, 6.07) is 6.98. The first-order valence-electron chi connectivity index (χ1n) is 6.50. The SMILES string of the molecule is CC(OC(=O)c1ccco1)C(=O)Nc1cccc(C(F)(F)F)c1. The van der Waals surface area contributed by atoms with Crippen LogP contribution in [0.1, 0.15) is 23.0 Å². The summed E-state index contributed by atoms with van der Waals surface area (Å²) in [7, 11) is 0. The number of furan rings is 1. The van der Waals surface area contributed by atoms with Gasteiger partial charge in [0.25, 0.3) is 5.91 Å². The summed E-state index contributed by atoms with van der Waals surface area (Å²) in [5, 5.41) is 2.26. The molecule has 0 saturated carbocycles. The number of carbonyl (C=O) groups is 2. The van der Waals surface area contributed by atoms with Crippen molar-refractivity contribution >= 4 is 17.6 Å². The molecule has 2 aromatic rings. The van der Waals surface area contributed by atoms with Gasteiger partial charge < -0.3 is 14.5 Å². The number of ether oxygens (including phenoxy) is 1. The molecule has 5 nitrogen and oxygen atoms in total. The molecule has 122 valence electrons. The molecule has 0 radical (unpaired) electrons.